The van der Waals surface area contributed by atoms with Gasteiger partial charge in [0.05, 0.1) is 22.6 Å². The van der Waals surface area contributed by atoms with Crippen LogP contribution in [0.2, 0.25) is 0 Å². The highest BCUT2D eigenvalue weighted by atomic mass is 16.1. The molecule has 1 fully saturated rings. The fourth-order valence-electron chi connectivity index (χ4n) is 3.46. The number of hydrogen-bond acceptors (Lipinski definition) is 4. The van der Waals surface area contributed by atoms with Crippen LogP contribution in [0.4, 0.5) is 5.69 Å². The molecule has 2 heterocycles. The van der Waals surface area contributed by atoms with E-state index in [9.17, 15) is 4.79 Å². The van der Waals surface area contributed by atoms with Gasteiger partial charge in [-0.3, -0.25) is 9.89 Å². The molecule has 0 radical (unpaired) electrons. The molecule has 0 saturated heterocycles. The number of nitrogens with two attached hydrogens (primary N) is 1. The predicted molar refractivity (Wildman–Crippen MR) is 93.5 cm³/mol. The minimum atomic E-state index is -0.359. The van der Waals surface area contributed by atoms with Crippen LogP contribution >= 0.6 is 0 Å². The molecule has 1 aliphatic carbocycles. The Labute approximate surface area is 139 Å². The summed E-state index contributed by atoms with van der Waals surface area (Å²) >= 11 is 0. The first kappa shape index (κ1) is 14.7. The summed E-state index contributed by atoms with van der Waals surface area (Å²) in [6.07, 6.45) is 4.52. The molecule has 1 aromatic carbocycles. The number of nitrogens with zero attached hydrogens (tertiary/aromatic N) is 2. The number of anilines is 1. The van der Waals surface area contributed by atoms with E-state index in [0.717, 1.165) is 35.5 Å². The lowest BCUT2D eigenvalue weighted by Crippen LogP contribution is -2.18. The molecule has 3 aromatic rings. The number of H-pyrrole nitrogens is 2. The van der Waals surface area contributed by atoms with Crippen molar-refractivity contribution < 1.29 is 0 Å². The van der Waals surface area contributed by atoms with E-state index >= 15 is 0 Å². The molecule has 122 valence electrons. The third-order valence-corrected chi connectivity index (χ3v) is 4.71. The summed E-state index contributed by atoms with van der Waals surface area (Å²) < 4.78 is 0. The van der Waals surface area contributed by atoms with Crippen molar-refractivity contribution in [3.05, 3.63) is 52.4 Å². The second-order valence-electron chi connectivity index (χ2n) is 6.24. The highest BCUT2D eigenvalue weighted by Crippen LogP contribution is 2.39. The number of nitrogens with one attached hydrogen (secondary N) is 2. The van der Waals surface area contributed by atoms with Crippen LogP contribution in [0.25, 0.3) is 22.5 Å². The van der Waals surface area contributed by atoms with Crippen molar-refractivity contribution in [1.82, 2.24) is 20.4 Å². The van der Waals surface area contributed by atoms with Crippen molar-refractivity contribution in [3.8, 4) is 22.5 Å². The number of aromatic nitrogens is 4. The van der Waals surface area contributed by atoms with Gasteiger partial charge in [-0.15, -0.1) is 0 Å². The second-order valence-corrected chi connectivity index (χ2v) is 6.24. The maximum atomic E-state index is 12.0. The van der Waals surface area contributed by atoms with Gasteiger partial charge in [0.2, 0.25) is 0 Å². The highest BCUT2D eigenvalue weighted by molar-refractivity contribution is 5.78. The van der Waals surface area contributed by atoms with Crippen LogP contribution < -0.4 is 11.3 Å². The van der Waals surface area contributed by atoms with E-state index in [1.165, 1.54) is 12.8 Å². The van der Waals surface area contributed by atoms with E-state index in [1.807, 2.05) is 36.4 Å². The van der Waals surface area contributed by atoms with E-state index in [1.54, 1.807) is 0 Å². The normalized spacial score (nSPS) is 15.0. The molecule has 0 bridgehead atoms. The smallest absolute Gasteiger partial charge is 0.287 e. The molecule has 4 rings (SSSR count). The summed E-state index contributed by atoms with van der Waals surface area (Å²) in [6, 6.07) is 11.8. The average molecular weight is 321 g/mol. The van der Waals surface area contributed by atoms with E-state index < -0.39 is 0 Å². The zero-order valence-corrected chi connectivity index (χ0v) is 13.2. The van der Waals surface area contributed by atoms with Gasteiger partial charge >= 0.3 is 0 Å². The monoisotopic (exact) mass is 321 g/mol. The minimum absolute atomic E-state index is 0.204. The molecule has 6 nitrogen and oxygen atoms in total. The Morgan fingerprint density at radius 1 is 1.04 bits per heavy atom. The molecule has 0 aliphatic heterocycles. The van der Waals surface area contributed by atoms with Gasteiger partial charge in [0.25, 0.3) is 5.56 Å². The number of rotatable bonds is 3. The Bertz CT molecular complexity index is 907. The Morgan fingerprint density at radius 3 is 2.54 bits per heavy atom. The summed E-state index contributed by atoms with van der Waals surface area (Å²) in [4.78, 5) is 12.0. The zero-order valence-electron chi connectivity index (χ0n) is 13.2. The van der Waals surface area contributed by atoms with E-state index in [2.05, 4.69) is 20.4 Å². The SMILES string of the molecule is Nc1c(-c2cc(-c3ccccc3)n[nH]2)c(C2CCCC2)n[nH]c1=O. The Morgan fingerprint density at radius 2 is 1.79 bits per heavy atom. The van der Waals surface area contributed by atoms with E-state index in [-0.39, 0.29) is 11.2 Å². The van der Waals surface area contributed by atoms with Gasteiger partial charge in [-0.05, 0) is 18.9 Å². The van der Waals surface area contributed by atoms with Crippen LogP contribution in [-0.2, 0) is 0 Å². The molecule has 24 heavy (non-hydrogen) atoms. The third kappa shape index (κ3) is 2.50. The Balaban J connectivity index is 1.83. The summed E-state index contributed by atoms with van der Waals surface area (Å²) in [5, 5.41) is 14.3. The van der Waals surface area contributed by atoms with Crippen LogP contribution in [-0.4, -0.2) is 20.4 Å². The quantitative estimate of drug-likeness (QED) is 0.690. The summed E-state index contributed by atoms with van der Waals surface area (Å²) in [5.41, 5.74) is 10.1. The van der Waals surface area contributed by atoms with Gasteiger partial charge in [-0.1, -0.05) is 43.2 Å². The summed E-state index contributed by atoms with van der Waals surface area (Å²) in [5.74, 6) is 0.336. The first-order chi connectivity index (χ1) is 11.7. The molecule has 0 spiro atoms. The topological polar surface area (TPSA) is 100 Å². The van der Waals surface area contributed by atoms with Crippen LogP contribution in [0.1, 0.15) is 37.3 Å². The van der Waals surface area contributed by atoms with E-state index in [0.29, 0.717) is 11.5 Å². The van der Waals surface area contributed by atoms with Crippen LogP contribution in [0, 0.1) is 0 Å². The van der Waals surface area contributed by atoms with Crippen molar-refractivity contribution in [1.29, 1.82) is 0 Å². The fourth-order valence-corrected chi connectivity index (χ4v) is 3.46. The van der Waals surface area contributed by atoms with Crippen molar-refractivity contribution in [2.75, 3.05) is 5.73 Å². The first-order valence-electron chi connectivity index (χ1n) is 8.23. The van der Waals surface area contributed by atoms with Crippen molar-refractivity contribution in [3.63, 3.8) is 0 Å². The largest absolute Gasteiger partial charge is 0.394 e. The van der Waals surface area contributed by atoms with Gasteiger partial charge in [-0.2, -0.15) is 10.2 Å². The van der Waals surface area contributed by atoms with Crippen molar-refractivity contribution in [2.45, 2.75) is 31.6 Å². The lowest BCUT2D eigenvalue weighted by atomic mass is 9.96. The number of benzene rings is 1. The maximum Gasteiger partial charge on any atom is 0.287 e. The van der Waals surface area contributed by atoms with E-state index in [4.69, 9.17) is 5.73 Å². The molecule has 6 heteroatoms. The van der Waals surface area contributed by atoms with Gasteiger partial charge in [0.1, 0.15) is 5.69 Å². The first-order valence-corrected chi connectivity index (χ1v) is 8.23. The molecule has 0 amide bonds. The summed E-state index contributed by atoms with van der Waals surface area (Å²) in [7, 11) is 0. The standard InChI is InChI=1S/C18H19N5O/c19-16-15(17(22-23-18(16)24)12-8-4-5-9-12)14-10-13(20-21-14)11-6-2-1-3-7-11/h1-3,6-7,10,12H,4-5,8-9H2,(H2,19,22)(H,20,21)(H,23,24). The molecular formula is C18H19N5O. The van der Waals surface area contributed by atoms with Gasteiger partial charge in [0, 0.05) is 11.5 Å². The van der Waals surface area contributed by atoms with Crippen molar-refractivity contribution >= 4 is 5.69 Å². The molecule has 0 unspecified atom stereocenters. The lowest BCUT2D eigenvalue weighted by molar-refractivity contribution is 0.680. The number of hydrogen-bond donors (Lipinski definition) is 3. The lowest BCUT2D eigenvalue weighted by Gasteiger charge is -2.13. The average Bonchev–Trinajstić information content (AvgIpc) is 3.29. The number of aromatic amines is 2. The van der Waals surface area contributed by atoms with Gasteiger partial charge < -0.3 is 5.73 Å². The Kier molecular flexibility index (Phi) is 3.65. The molecule has 1 saturated carbocycles. The van der Waals surface area contributed by atoms with Crippen LogP contribution in [0.15, 0.2) is 41.2 Å². The predicted octanol–water partition coefficient (Wildman–Crippen LogP) is 3.07. The van der Waals surface area contributed by atoms with Crippen LogP contribution in [0.5, 0.6) is 0 Å². The molecule has 4 N–H and O–H groups in total. The molecule has 0 atom stereocenters. The Hall–Kier alpha value is -2.89. The zero-order chi connectivity index (χ0) is 16.5. The highest BCUT2D eigenvalue weighted by Gasteiger charge is 2.25. The van der Waals surface area contributed by atoms with Crippen molar-refractivity contribution in [2.24, 2.45) is 0 Å². The van der Waals surface area contributed by atoms with Gasteiger partial charge in [0.15, 0.2) is 0 Å². The second kappa shape index (κ2) is 5.96. The van der Waals surface area contributed by atoms with Crippen LogP contribution in [0.3, 0.4) is 0 Å². The minimum Gasteiger partial charge on any atom is -0.394 e. The fraction of sp³-hybridized carbons (Fsp3) is 0.278. The molecule has 2 aromatic heterocycles. The van der Waals surface area contributed by atoms with Gasteiger partial charge in [-0.25, -0.2) is 5.10 Å². The number of nitrogen functional groups attached to an aromatic ring is 1. The third-order valence-electron chi connectivity index (χ3n) is 4.71. The molecular weight excluding hydrogens is 302 g/mol. The maximum absolute atomic E-state index is 12.0. The summed E-state index contributed by atoms with van der Waals surface area (Å²) in [6.45, 7) is 0. The molecule has 1 aliphatic rings.